The Morgan fingerprint density at radius 3 is 2.34 bits per heavy atom. The number of nitrogens with one attached hydrogen (secondary N) is 1. The monoisotopic (exact) mass is 397 g/mol. The molecule has 1 fully saturated rings. The Kier molecular flexibility index (Phi) is 6.94. The van der Waals surface area contributed by atoms with Gasteiger partial charge in [0.15, 0.2) is 0 Å². The smallest absolute Gasteiger partial charge is 0.340 e. The molecule has 3 rings (SSSR count). The van der Waals surface area contributed by atoms with E-state index in [4.69, 9.17) is 9.47 Å². The summed E-state index contributed by atoms with van der Waals surface area (Å²) in [7, 11) is 0. The Balaban J connectivity index is 1.62. The van der Waals surface area contributed by atoms with Crippen LogP contribution in [0.15, 0.2) is 48.5 Å². The van der Waals surface area contributed by atoms with Crippen molar-refractivity contribution in [3.63, 3.8) is 0 Å². The topological polar surface area (TPSA) is 71.1 Å². The number of piperazine rings is 1. The molecule has 0 atom stereocenters. The van der Waals surface area contributed by atoms with Gasteiger partial charge in [-0.05, 0) is 38.1 Å². The summed E-state index contributed by atoms with van der Waals surface area (Å²) in [6.07, 6.45) is 0. The number of benzene rings is 2. The lowest BCUT2D eigenvalue weighted by atomic mass is 10.2. The Morgan fingerprint density at radius 1 is 0.931 bits per heavy atom. The summed E-state index contributed by atoms with van der Waals surface area (Å²) in [6.45, 7) is 7.18. The average Bonchev–Trinajstić information content (AvgIpc) is 2.75. The van der Waals surface area contributed by atoms with Gasteiger partial charge in [0.2, 0.25) is 0 Å². The molecule has 7 nitrogen and oxygen atoms in total. The number of esters is 1. The number of hydrogen-bond acceptors (Lipinski definition) is 5. The lowest BCUT2D eigenvalue weighted by molar-refractivity contribution is 0.0527. The van der Waals surface area contributed by atoms with Crippen LogP contribution < -0.4 is 15.0 Å². The zero-order valence-corrected chi connectivity index (χ0v) is 16.9. The van der Waals surface area contributed by atoms with Crippen molar-refractivity contribution < 1.29 is 19.1 Å². The maximum absolute atomic E-state index is 12.7. The first-order valence-electron chi connectivity index (χ1n) is 9.92. The van der Waals surface area contributed by atoms with Crippen molar-refractivity contribution in [3.05, 3.63) is 54.1 Å². The number of hydrogen-bond donors (Lipinski definition) is 1. The van der Waals surface area contributed by atoms with Gasteiger partial charge in [0.25, 0.3) is 0 Å². The number of ether oxygens (including phenoxy) is 2. The van der Waals surface area contributed by atoms with Crippen molar-refractivity contribution in [3.8, 4) is 5.75 Å². The molecule has 29 heavy (non-hydrogen) atoms. The predicted molar refractivity (Wildman–Crippen MR) is 113 cm³/mol. The molecule has 2 amide bonds. The van der Waals surface area contributed by atoms with E-state index in [0.717, 1.165) is 11.4 Å². The van der Waals surface area contributed by atoms with Gasteiger partial charge in [0, 0.05) is 26.2 Å². The summed E-state index contributed by atoms with van der Waals surface area (Å²) in [5.74, 6) is 0.414. The summed E-state index contributed by atoms with van der Waals surface area (Å²) >= 11 is 0. The number of anilines is 2. The lowest BCUT2D eigenvalue weighted by Gasteiger charge is -2.36. The van der Waals surface area contributed by atoms with E-state index in [1.807, 2.05) is 31.2 Å². The molecule has 1 aliphatic rings. The normalized spacial score (nSPS) is 13.7. The number of amides is 2. The van der Waals surface area contributed by atoms with Gasteiger partial charge in [0.05, 0.1) is 30.2 Å². The molecule has 1 aliphatic heterocycles. The number of nitrogens with zero attached hydrogens (tertiary/aromatic N) is 2. The molecular weight excluding hydrogens is 370 g/mol. The SMILES string of the molecule is CCOC(=O)c1ccccc1NC(=O)N1CCN(c2ccccc2OCC)CC1. The van der Waals surface area contributed by atoms with Gasteiger partial charge in [-0.25, -0.2) is 9.59 Å². The van der Waals surface area contributed by atoms with E-state index in [9.17, 15) is 9.59 Å². The molecule has 1 N–H and O–H groups in total. The third kappa shape index (κ3) is 4.99. The van der Waals surface area contributed by atoms with Crippen LogP contribution in [0, 0.1) is 0 Å². The first-order chi connectivity index (χ1) is 14.1. The zero-order valence-electron chi connectivity index (χ0n) is 16.9. The highest BCUT2D eigenvalue weighted by Crippen LogP contribution is 2.29. The van der Waals surface area contributed by atoms with Crippen LogP contribution >= 0.6 is 0 Å². The molecule has 0 spiro atoms. The lowest BCUT2D eigenvalue weighted by Crippen LogP contribution is -2.50. The summed E-state index contributed by atoms with van der Waals surface area (Å²) in [5, 5.41) is 2.85. The molecule has 2 aromatic rings. The van der Waals surface area contributed by atoms with Gasteiger partial charge >= 0.3 is 12.0 Å². The van der Waals surface area contributed by atoms with E-state index >= 15 is 0 Å². The number of para-hydroxylation sites is 3. The fraction of sp³-hybridized carbons (Fsp3) is 0.364. The third-order valence-electron chi connectivity index (χ3n) is 4.74. The number of carbonyl (C=O) groups is 2. The standard InChI is InChI=1S/C22H27N3O4/c1-3-28-20-12-8-7-11-19(20)24-13-15-25(16-14-24)22(27)23-18-10-6-5-9-17(18)21(26)29-4-2/h5-12H,3-4,13-16H2,1-2H3,(H,23,27). The molecule has 1 saturated heterocycles. The summed E-state index contributed by atoms with van der Waals surface area (Å²) in [4.78, 5) is 28.8. The first-order valence-corrected chi connectivity index (χ1v) is 9.92. The highest BCUT2D eigenvalue weighted by molar-refractivity contribution is 6.00. The maximum atomic E-state index is 12.7. The fourth-order valence-electron chi connectivity index (χ4n) is 3.32. The van der Waals surface area contributed by atoms with Crippen LogP contribution in [0.2, 0.25) is 0 Å². The van der Waals surface area contributed by atoms with Crippen molar-refractivity contribution in [2.45, 2.75) is 13.8 Å². The van der Waals surface area contributed by atoms with E-state index < -0.39 is 5.97 Å². The van der Waals surface area contributed by atoms with Crippen LogP contribution in [0.1, 0.15) is 24.2 Å². The van der Waals surface area contributed by atoms with E-state index in [1.54, 1.807) is 36.1 Å². The summed E-state index contributed by atoms with van der Waals surface area (Å²) in [5.41, 5.74) is 1.86. The van der Waals surface area contributed by atoms with Crippen LogP contribution in [0.5, 0.6) is 5.75 Å². The van der Waals surface area contributed by atoms with Crippen LogP contribution in [0.25, 0.3) is 0 Å². The molecular formula is C22H27N3O4. The number of carbonyl (C=O) groups excluding carboxylic acids is 2. The maximum Gasteiger partial charge on any atom is 0.340 e. The Hall–Kier alpha value is -3.22. The Labute approximate surface area is 171 Å². The molecule has 0 saturated carbocycles. The van der Waals surface area contributed by atoms with Crippen molar-refractivity contribution in [1.82, 2.24) is 4.90 Å². The largest absolute Gasteiger partial charge is 0.492 e. The van der Waals surface area contributed by atoms with Gasteiger partial charge in [-0.3, -0.25) is 0 Å². The van der Waals surface area contributed by atoms with Crippen molar-refractivity contribution in [1.29, 1.82) is 0 Å². The minimum atomic E-state index is -0.444. The van der Waals surface area contributed by atoms with Gasteiger partial charge in [0.1, 0.15) is 5.75 Å². The summed E-state index contributed by atoms with van der Waals surface area (Å²) in [6, 6.07) is 14.6. The quantitative estimate of drug-likeness (QED) is 0.754. The van der Waals surface area contributed by atoms with Gasteiger partial charge < -0.3 is 24.6 Å². The zero-order chi connectivity index (χ0) is 20.6. The van der Waals surface area contributed by atoms with Crippen LogP contribution in [0.3, 0.4) is 0 Å². The van der Waals surface area contributed by atoms with E-state index in [1.165, 1.54) is 0 Å². The first kappa shape index (κ1) is 20.5. The third-order valence-corrected chi connectivity index (χ3v) is 4.74. The average molecular weight is 397 g/mol. The number of rotatable bonds is 6. The van der Waals surface area contributed by atoms with E-state index in [2.05, 4.69) is 10.2 Å². The molecule has 1 heterocycles. The molecule has 7 heteroatoms. The summed E-state index contributed by atoms with van der Waals surface area (Å²) < 4.78 is 10.8. The minimum Gasteiger partial charge on any atom is -0.492 e. The molecule has 0 bridgehead atoms. The Bertz CT molecular complexity index is 847. The molecule has 2 aromatic carbocycles. The van der Waals surface area contributed by atoms with E-state index in [0.29, 0.717) is 44.0 Å². The van der Waals surface area contributed by atoms with Crippen molar-refractivity contribution in [2.75, 3.05) is 49.6 Å². The fourth-order valence-corrected chi connectivity index (χ4v) is 3.32. The van der Waals surface area contributed by atoms with Crippen molar-refractivity contribution in [2.24, 2.45) is 0 Å². The molecule has 154 valence electrons. The molecule has 0 aliphatic carbocycles. The second-order valence-corrected chi connectivity index (χ2v) is 6.57. The second kappa shape index (κ2) is 9.82. The molecule has 0 unspecified atom stereocenters. The Morgan fingerprint density at radius 2 is 1.62 bits per heavy atom. The van der Waals surface area contributed by atoms with E-state index in [-0.39, 0.29) is 12.6 Å². The van der Waals surface area contributed by atoms with Gasteiger partial charge in [-0.2, -0.15) is 0 Å². The molecule has 0 aromatic heterocycles. The van der Waals surface area contributed by atoms with Crippen LogP contribution in [-0.2, 0) is 4.74 Å². The van der Waals surface area contributed by atoms with Gasteiger partial charge in [-0.1, -0.05) is 24.3 Å². The van der Waals surface area contributed by atoms with Gasteiger partial charge in [-0.15, -0.1) is 0 Å². The van der Waals surface area contributed by atoms with Crippen molar-refractivity contribution >= 4 is 23.4 Å². The predicted octanol–water partition coefficient (Wildman–Crippen LogP) is 3.62. The number of urea groups is 1. The highest BCUT2D eigenvalue weighted by atomic mass is 16.5. The second-order valence-electron chi connectivity index (χ2n) is 6.57. The van der Waals surface area contributed by atoms with Crippen LogP contribution in [-0.4, -0.2) is 56.3 Å². The minimum absolute atomic E-state index is 0.223. The highest BCUT2D eigenvalue weighted by Gasteiger charge is 2.24. The van der Waals surface area contributed by atoms with Crippen LogP contribution in [0.4, 0.5) is 16.2 Å². The molecule has 0 radical (unpaired) electrons.